The molecule has 0 aliphatic heterocycles. The highest BCUT2D eigenvalue weighted by Crippen LogP contribution is 2.12. The van der Waals surface area contributed by atoms with E-state index in [1.54, 1.807) is 19.2 Å². The van der Waals surface area contributed by atoms with Gasteiger partial charge in [0.25, 0.3) is 0 Å². The maximum atomic E-state index is 12.5. The van der Waals surface area contributed by atoms with Crippen molar-refractivity contribution in [3.63, 3.8) is 0 Å². The van der Waals surface area contributed by atoms with Crippen LogP contribution in [0.3, 0.4) is 0 Å². The number of ether oxygens (including phenoxy) is 1. The first-order valence-corrected chi connectivity index (χ1v) is 3.69. The Morgan fingerprint density at radius 1 is 1.33 bits per heavy atom. The number of halogens is 1. The summed E-state index contributed by atoms with van der Waals surface area (Å²) in [6.07, 6.45) is 0. The van der Waals surface area contributed by atoms with Gasteiger partial charge >= 0.3 is 0 Å². The molecule has 0 aliphatic rings. The molecule has 1 aromatic carbocycles. The predicted octanol–water partition coefficient (Wildman–Crippen LogP) is 1.87. The normalized spacial score (nSPS) is 9.92. The van der Waals surface area contributed by atoms with Crippen molar-refractivity contribution in [1.82, 2.24) is 0 Å². The number of hydrogen-bond donors (Lipinski definition) is 0. The van der Waals surface area contributed by atoms with E-state index in [2.05, 4.69) is 0 Å². The molecule has 0 unspecified atom stereocenters. The maximum Gasteiger partial charge on any atom is 0.123 e. The molecule has 12 heavy (non-hydrogen) atoms. The van der Waals surface area contributed by atoms with Crippen LogP contribution in [0.2, 0.25) is 0 Å². The minimum absolute atomic E-state index is 0.218. The van der Waals surface area contributed by atoms with Crippen molar-refractivity contribution >= 4 is 5.69 Å². The molecule has 0 heterocycles. The third kappa shape index (κ3) is 2.20. The second-order valence-electron chi connectivity index (χ2n) is 2.59. The maximum absolute atomic E-state index is 12.5. The summed E-state index contributed by atoms with van der Waals surface area (Å²) in [5.74, 6) is -0.218. The second kappa shape index (κ2) is 4.07. The lowest BCUT2D eigenvalue weighted by atomic mass is 10.3. The van der Waals surface area contributed by atoms with Crippen LogP contribution in [0.4, 0.5) is 10.1 Å². The van der Waals surface area contributed by atoms with Crippen LogP contribution in [0.1, 0.15) is 0 Å². The van der Waals surface area contributed by atoms with Gasteiger partial charge in [-0.2, -0.15) is 0 Å². The first-order chi connectivity index (χ1) is 5.74. The quantitative estimate of drug-likeness (QED) is 0.640. The second-order valence-corrected chi connectivity index (χ2v) is 2.59. The van der Waals surface area contributed by atoms with E-state index >= 15 is 0 Å². The lowest BCUT2D eigenvalue weighted by Crippen LogP contribution is -2.19. The van der Waals surface area contributed by atoms with Crippen molar-refractivity contribution in [2.24, 2.45) is 0 Å². The van der Waals surface area contributed by atoms with Gasteiger partial charge in [0.15, 0.2) is 0 Å². The topological polar surface area (TPSA) is 12.5 Å². The SMILES string of the molecule is COCN(C)c1ccc(F)cc1. The third-order valence-corrected chi connectivity index (χ3v) is 1.59. The fourth-order valence-electron chi connectivity index (χ4n) is 0.964. The van der Waals surface area contributed by atoms with Gasteiger partial charge in [-0.05, 0) is 24.3 Å². The van der Waals surface area contributed by atoms with Crippen molar-refractivity contribution in [1.29, 1.82) is 0 Å². The van der Waals surface area contributed by atoms with Crippen LogP contribution in [0.15, 0.2) is 24.3 Å². The molecule has 0 spiro atoms. The van der Waals surface area contributed by atoms with E-state index < -0.39 is 0 Å². The number of benzene rings is 1. The van der Waals surface area contributed by atoms with Gasteiger partial charge in [0.05, 0.1) is 0 Å². The van der Waals surface area contributed by atoms with Crippen molar-refractivity contribution < 1.29 is 9.13 Å². The van der Waals surface area contributed by atoms with Gasteiger partial charge in [0, 0.05) is 19.8 Å². The summed E-state index contributed by atoms with van der Waals surface area (Å²) in [5, 5.41) is 0. The molecule has 66 valence electrons. The summed E-state index contributed by atoms with van der Waals surface area (Å²) in [5.41, 5.74) is 0.943. The Labute approximate surface area is 71.6 Å². The minimum atomic E-state index is -0.218. The number of hydrogen-bond acceptors (Lipinski definition) is 2. The van der Waals surface area contributed by atoms with Gasteiger partial charge in [-0.25, -0.2) is 4.39 Å². The molecule has 1 aromatic rings. The van der Waals surface area contributed by atoms with E-state index in [-0.39, 0.29) is 5.82 Å². The highest BCUT2D eigenvalue weighted by atomic mass is 19.1. The van der Waals surface area contributed by atoms with Crippen LogP contribution in [-0.2, 0) is 4.74 Å². The number of methoxy groups -OCH3 is 1. The Morgan fingerprint density at radius 2 is 1.92 bits per heavy atom. The third-order valence-electron chi connectivity index (χ3n) is 1.59. The van der Waals surface area contributed by atoms with Crippen LogP contribution < -0.4 is 4.90 Å². The van der Waals surface area contributed by atoms with Crippen molar-refractivity contribution in [3.05, 3.63) is 30.1 Å². The summed E-state index contributed by atoms with van der Waals surface area (Å²) in [7, 11) is 3.51. The molecule has 0 bridgehead atoms. The molecule has 1 rings (SSSR count). The van der Waals surface area contributed by atoms with Gasteiger partial charge in [-0.1, -0.05) is 0 Å². The predicted molar refractivity (Wildman–Crippen MR) is 46.7 cm³/mol. The van der Waals surface area contributed by atoms with E-state index in [0.717, 1.165) is 5.69 Å². The van der Waals surface area contributed by atoms with Crippen LogP contribution in [-0.4, -0.2) is 20.9 Å². The van der Waals surface area contributed by atoms with E-state index in [0.29, 0.717) is 6.73 Å². The molecule has 2 nitrogen and oxygen atoms in total. The number of nitrogens with zero attached hydrogens (tertiary/aromatic N) is 1. The van der Waals surface area contributed by atoms with E-state index in [1.807, 2.05) is 11.9 Å². The molecular formula is C9H12FNO. The highest BCUT2D eigenvalue weighted by Gasteiger charge is 1.98. The van der Waals surface area contributed by atoms with Crippen LogP contribution in [0.25, 0.3) is 0 Å². The fourth-order valence-corrected chi connectivity index (χ4v) is 0.964. The average Bonchev–Trinajstić information content (AvgIpc) is 2.06. The van der Waals surface area contributed by atoms with Crippen molar-refractivity contribution in [2.45, 2.75) is 0 Å². The van der Waals surface area contributed by atoms with Crippen LogP contribution >= 0.6 is 0 Å². The molecule has 0 fully saturated rings. The lowest BCUT2D eigenvalue weighted by molar-refractivity contribution is 0.202. The molecule has 0 saturated heterocycles. The Morgan fingerprint density at radius 3 is 2.42 bits per heavy atom. The largest absolute Gasteiger partial charge is 0.364 e. The zero-order valence-corrected chi connectivity index (χ0v) is 7.25. The number of anilines is 1. The zero-order chi connectivity index (χ0) is 8.97. The molecule has 0 aromatic heterocycles. The molecular weight excluding hydrogens is 157 g/mol. The van der Waals surface area contributed by atoms with Gasteiger partial charge in [0.2, 0.25) is 0 Å². The molecule has 0 amide bonds. The van der Waals surface area contributed by atoms with Crippen molar-refractivity contribution in [3.8, 4) is 0 Å². The fraction of sp³-hybridized carbons (Fsp3) is 0.333. The Hall–Kier alpha value is -1.09. The standard InChI is InChI=1S/C9H12FNO/c1-11(7-12-2)9-5-3-8(10)4-6-9/h3-6H,7H2,1-2H3. The van der Waals surface area contributed by atoms with Crippen molar-refractivity contribution in [2.75, 3.05) is 25.8 Å². The zero-order valence-electron chi connectivity index (χ0n) is 7.25. The molecule has 0 N–H and O–H groups in total. The lowest BCUT2D eigenvalue weighted by Gasteiger charge is -2.17. The van der Waals surface area contributed by atoms with Gasteiger partial charge in [0.1, 0.15) is 12.5 Å². The number of rotatable bonds is 3. The van der Waals surface area contributed by atoms with Gasteiger partial charge in [-0.15, -0.1) is 0 Å². The van der Waals surface area contributed by atoms with E-state index in [4.69, 9.17) is 4.74 Å². The summed E-state index contributed by atoms with van der Waals surface area (Å²) >= 11 is 0. The highest BCUT2D eigenvalue weighted by molar-refractivity contribution is 5.44. The first kappa shape index (κ1) is 9.00. The summed E-state index contributed by atoms with van der Waals surface area (Å²) < 4.78 is 17.4. The molecule has 0 aliphatic carbocycles. The molecule has 3 heteroatoms. The van der Waals surface area contributed by atoms with Gasteiger partial charge < -0.3 is 9.64 Å². The molecule has 0 radical (unpaired) electrons. The first-order valence-electron chi connectivity index (χ1n) is 3.69. The monoisotopic (exact) mass is 169 g/mol. The summed E-state index contributed by atoms with van der Waals surface area (Å²) in [4.78, 5) is 1.89. The van der Waals surface area contributed by atoms with Crippen LogP contribution in [0, 0.1) is 5.82 Å². The summed E-state index contributed by atoms with van der Waals surface area (Å²) in [6, 6.07) is 6.30. The Kier molecular flexibility index (Phi) is 3.05. The molecule has 0 saturated carbocycles. The van der Waals surface area contributed by atoms with E-state index in [9.17, 15) is 4.39 Å². The minimum Gasteiger partial charge on any atom is -0.364 e. The Balaban J connectivity index is 2.68. The van der Waals surface area contributed by atoms with E-state index in [1.165, 1.54) is 12.1 Å². The summed E-state index contributed by atoms with van der Waals surface area (Å²) in [6.45, 7) is 0.506. The molecule has 0 atom stereocenters. The average molecular weight is 169 g/mol. The smallest absolute Gasteiger partial charge is 0.123 e. The van der Waals surface area contributed by atoms with Gasteiger partial charge in [-0.3, -0.25) is 0 Å². The van der Waals surface area contributed by atoms with Crippen LogP contribution in [0.5, 0.6) is 0 Å². The Bertz CT molecular complexity index is 235.